The van der Waals surface area contributed by atoms with E-state index < -0.39 is 22.6 Å². The first kappa shape index (κ1) is 18.8. The van der Waals surface area contributed by atoms with Crippen molar-refractivity contribution >= 4 is 40.6 Å². The fourth-order valence-corrected chi connectivity index (χ4v) is 3.09. The molecule has 0 amide bonds. The van der Waals surface area contributed by atoms with Gasteiger partial charge in [0.05, 0.1) is 15.9 Å². The SMILES string of the molecule is O=C(O)C1CCN(c2ncnc(Nc3ccc(F)c(Cl)c3)c2[N+](=O)[O-])CC1. The molecule has 142 valence electrons. The second-order valence-corrected chi connectivity index (χ2v) is 6.41. The minimum absolute atomic E-state index is 0.0620. The van der Waals surface area contributed by atoms with E-state index in [1.165, 1.54) is 18.5 Å². The average Bonchev–Trinajstić information content (AvgIpc) is 2.64. The largest absolute Gasteiger partial charge is 0.481 e. The smallest absolute Gasteiger partial charge is 0.353 e. The lowest BCUT2D eigenvalue weighted by atomic mass is 9.97. The number of aromatic nitrogens is 2. The van der Waals surface area contributed by atoms with E-state index in [1.54, 1.807) is 4.90 Å². The van der Waals surface area contributed by atoms with Crippen molar-refractivity contribution in [3.63, 3.8) is 0 Å². The number of rotatable bonds is 5. The Balaban J connectivity index is 1.90. The maximum Gasteiger partial charge on any atom is 0.353 e. The van der Waals surface area contributed by atoms with E-state index in [-0.39, 0.29) is 22.3 Å². The van der Waals surface area contributed by atoms with Crippen LogP contribution in [0.4, 0.5) is 27.4 Å². The molecule has 2 N–H and O–H groups in total. The molecule has 0 saturated carbocycles. The molecule has 0 aliphatic carbocycles. The van der Waals surface area contributed by atoms with Gasteiger partial charge in [-0.05, 0) is 31.0 Å². The van der Waals surface area contributed by atoms with Gasteiger partial charge in [-0.25, -0.2) is 14.4 Å². The van der Waals surface area contributed by atoms with Crippen molar-refractivity contribution in [1.82, 2.24) is 9.97 Å². The van der Waals surface area contributed by atoms with Crippen LogP contribution in [0.5, 0.6) is 0 Å². The summed E-state index contributed by atoms with van der Waals surface area (Å²) in [5.74, 6) is -1.91. The number of piperidine rings is 1. The van der Waals surface area contributed by atoms with E-state index in [1.807, 2.05) is 0 Å². The molecule has 1 aliphatic rings. The highest BCUT2D eigenvalue weighted by Gasteiger charge is 2.31. The summed E-state index contributed by atoms with van der Waals surface area (Å²) in [6.45, 7) is 0.660. The van der Waals surface area contributed by atoms with Gasteiger partial charge in [0.1, 0.15) is 12.1 Å². The van der Waals surface area contributed by atoms with E-state index in [2.05, 4.69) is 15.3 Å². The van der Waals surface area contributed by atoms with Gasteiger partial charge < -0.3 is 15.3 Å². The van der Waals surface area contributed by atoms with E-state index in [0.29, 0.717) is 31.6 Å². The Kier molecular flexibility index (Phi) is 5.36. The van der Waals surface area contributed by atoms with E-state index in [0.717, 1.165) is 6.07 Å². The van der Waals surface area contributed by atoms with Crippen molar-refractivity contribution in [2.45, 2.75) is 12.8 Å². The van der Waals surface area contributed by atoms with Crippen molar-refractivity contribution in [2.24, 2.45) is 5.92 Å². The molecule has 0 spiro atoms. The Morgan fingerprint density at radius 2 is 2.07 bits per heavy atom. The first-order valence-electron chi connectivity index (χ1n) is 8.06. The lowest BCUT2D eigenvalue weighted by Crippen LogP contribution is -2.37. The number of nitrogens with zero attached hydrogens (tertiary/aromatic N) is 4. The lowest BCUT2D eigenvalue weighted by molar-refractivity contribution is -0.383. The molecule has 1 saturated heterocycles. The zero-order chi connectivity index (χ0) is 19.6. The number of nitrogens with one attached hydrogen (secondary N) is 1. The Labute approximate surface area is 157 Å². The highest BCUT2D eigenvalue weighted by atomic mass is 35.5. The quantitative estimate of drug-likeness (QED) is 0.584. The van der Waals surface area contributed by atoms with Gasteiger partial charge in [0.2, 0.25) is 11.6 Å². The third kappa shape index (κ3) is 4.05. The van der Waals surface area contributed by atoms with Crippen LogP contribution in [0.2, 0.25) is 5.02 Å². The Morgan fingerprint density at radius 1 is 1.37 bits per heavy atom. The van der Waals surface area contributed by atoms with Gasteiger partial charge in [0, 0.05) is 18.8 Å². The van der Waals surface area contributed by atoms with Gasteiger partial charge in [-0.1, -0.05) is 11.6 Å². The molecule has 0 bridgehead atoms. The summed E-state index contributed by atoms with van der Waals surface area (Å²) >= 11 is 5.74. The predicted octanol–water partition coefficient (Wildman–Crippen LogP) is 3.22. The molecule has 0 unspecified atom stereocenters. The van der Waals surface area contributed by atoms with Gasteiger partial charge in [-0.2, -0.15) is 0 Å². The first-order valence-corrected chi connectivity index (χ1v) is 8.44. The van der Waals surface area contributed by atoms with Crippen LogP contribution < -0.4 is 10.2 Å². The number of hydrogen-bond donors (Lipinski definition) is 2. The van der Waals surface area contributed by atoms with Crippen LogP contribution in [-0.4, -0.2) is 39.1 Å². The molecule has 1 fully saturated rings. The van der Waals surface area contributed by atoms with Crippen molar-refractivity contribution < 1.29 is 19.2 Å². The molecule has 0 atom stereocenters. The predicted molar refractivity (Wildman–Crippen MR) is 96.0 cm³/mol. The minimum Gasteiger partial charge on any atom is -0.481 e. The highest BCUT2D eigenvalue weighted by Crippen LogP contribution is 2.35. The monoisotopic (exact) mass is 395 g/mol. The van der Waals surface area contributed by atoms with Crippen molar-refractivity contribution in [2.75, 3.05) is 23.3 Å². The number of nitro groups is 1. The van der Waals surface area contributed by atoms with E-state index >= 15 is 0 Å². The van der Waals surface area contributed by atoms with E-state index in [4.69, 9.17) is 16.7 Å². The lowest BCUT2D eigenvalue weighted by Gasteiger charge is -2.30. The standard InChI is InChI=1S/C16H15ClFN5O4/c17-11-7-10(1-2-12(11)18)21-14-13(23(26)27)15(20-8-19-14)22-5-3-9(4-6-22)16(24)25/h1-2,7-9H,3-6H2,(H,24,25)(H,19,20,21). The molecule has 1 aromatic heterocycles. The van der Waals surface area contributed by atoms with Crippen LogP contribution in [0.25, 0.3) is 0 Å². The summed E-state index contributed by atoms with van der Waals surface area (Å²) in [4.78, 5) is 31.7. The Morgan fingerprint density at radius 3 is 2.67 bits per heavy atom. The molecular weight excluding hydrogens is 381 g/mol. The van der Waals surface area contributed by atoms with Gasteiger partial charge in [-0.3, -0.25) is 14.9 Å². The third-order valence-corrected chi connectivity index (χ3v) is 4.60. The number of aliphatic carboxylic acids is 1. The number of anilines is 3. The van der Waals surface area contributed by atoms with Crippen LogP contribution in [-0.2, 0) is 4.79 Å². The molecule has 0 radical (unpaired) electrons. The molecule has 11 heteroatoms. The summed E-state index contributed by atoms with van der Waals surface area (Å²) in [5, 5.41) is 23.4. The van der Waals surface area contributed by atoms with Gasteiger partial charge in [-0.15, -0.1) is 0 Å². The zero-order valence-corrected chi connectivity index (χ0v) is 14.7. The van der Waals surface area contributed by atoms with Crippen molar-refractivity contribution in [1.29, 1.82) is 0 Å². The maximum atomic E-state index is 13.3. The highest BCUT2D eigenvalue weighted by molar-refractivity contribution is 6.31. The molecule has 27 heavy (non-hydrogen) atoms. The van der Waals surface area contributed by atoms with Crippen LogP contribution in [0.15, 0.2) is 24.5 Å². The van der Waals surface area contributed by atoms with E-state index in [9.17, 15) is 19.3 Å². The minimum atomic E-state index is -0.873. The molecule has 1 aliphatic heterocycles. The number of carboxylic acid groups (broad SMARTS) is 1. The number of carbonyl (C=O) groups is 1. The second-order valence-electron chi connectivity index (χ2n) is 6.01. The summed E-state index contributed by atoms with van der Waals surface area (Å²) < 4.78 is 13.3. The summed E-state index contributed by atoms with van der Waals surface area (Å²) in [6.07, 6.45) is 1.92. The van der Waals surface area contributed by atoms with Crippen LogP contribution in [0, 0.1) is 21.8 Å². The Hall–Kier alpha value is -3.01. The van der Waals surface area contributed by atoms with Gasteiger partial charge in [0.15, 0.2) is 0 Å². The first-order chi connectivity index (χ1) is 12.9. The van der Waals surface area contributed by atoms with Gasteiger partial charge in [0.25, 0.3) is 0 Å². The molecule has 9 nitrogen and oxygen atoms in total. The fourth-order valence-electron chi connectivity index (χ4n) is 2.91. The zero-order valence-electron chi connectivity index (χ0n) is 13.9. The normalized spacial score (nSPS) is 14.8. The number of carboxylic acids is 1. The topological polar surface area (TPSA) is 121 Å². The number of benzene rings is 1. The average molecular weight is 396 g/mol. The number of hydrogen-bond acceptors (Lipinski definition) is 7. The molecule has 2 aromatic rings. The molecule has 3 rings (SSSR count). The van der Waals surface area contributed by atoms with Crippen molar-refractivity contribution in [3.05, 3.63) is 45.5 Å². The maximum absolute atomic E-state index is 13.3. The third-order valence-electron chi connectivity index (χ3n) is 4.31. The molecule has 2 heterocycles. The van der Waals surface area contributed by atoms with Crippen LogP contribution >= 0.6 is 11.6 Å². The van der Waals surface area contributed by atoms with Crippen LogP contribution in [0.1, 0.15) is 12.8 Å². The molecule has 1 aromatic carbocycles. The summed E-state index contributed by atoms with van der Waals surface area (Å²) in [5.41, 5.74) is -0.00884. The fraction of sp³-hybridized carbons (Fsp3) is 0.312. The van der Waals surface area contributed by atoms with Crippen LogP contribution in [0.3, 0.4) is 0 Å². The van der Waals surface area contributed by atoms with Gasteiger partial charge >= 0.3 is 11.7 Å². The number of halogens is 2. The second kappa shape index (κ2) is 7.70. The summed E-state index contributed by atoms with van der Waals surface area (Å²) in [7, 11) is 0. The van der Waals surface area contributed by atoms with Crippen molar-refractivity contribution in [3.8, 4) is 0 Å². The molecular formula is C16H15ClFN5O4. The Bertz CT molecular complexity index is 889. The summed E-state index contributed by atoms with van der Waals surface area (Å²) in [6, 6.07) is 3.81.